The van der Waals surface area contributed by atoms with Crippen LogP contribution in [0.15, 0.2) is 36.4 Å². The Hall–Kier alpha value is -2.68. The van der Waals surface area contributed by atoms with E-state index < -0.39 is 11.7 Å². The van der Waals surface area contributed by atoms with Crippen LogP contribution in [-0.4, -0.2) is 14.2 Å². The fourth-order valence-electron chi connectivity index (χ4n) is 2.14. The first kappa shape index (κ1) is 15.7. The summed E-state index contributed by atoms with van der Waals surface area (Å²) in [4.78, 5) is 0. The third-order valence-corrected chi connectivity index (χ3v) is 3.13. The van der Waals surface area contributed by atoms with Crippen molar-refractivity contribution in [2.75, 3.05) is 14.2 Å². The lowest BCUT2D eigenvalue weighted by Crippen LogP contribution is -2.08. The second-order valence-electron chi connectivity index (χ2n) is 4.44. The van der Waals surface area contributed by atoms with Crippen molar-refractivity contribution in [1.29, 1.82) is 5.26 Å². The molecule has 0 N–H and O–H groups in total. The van der Waals surface area contributed by atoms with Crippen molar-refractivity contribution in [3.05, 3.63) is 47.5 Å². The summed E-state index contributed by atoms with van der Waals surface area (Å²) in [7, 11) is 2.80. The third-order valence-electron chi connectivity index (χ3n) is 3.13. The summed E-state index contributed by atoms with van der Waals surface area (Å²) in [6.07, 6.45) is -4.57. The molecule has 0 heterocycles. The van der Waals surface area contributed by atoms with Gasteiger partial charge in [-0.2, -0.15) is 18.4 Å². The molecule has 0 aliphatic heterocycles. The number of alkyl halides is 3. The highest BCUT2D eigenvalue weighted by Crippen LogP contribution is 2.40. The number of hydrogen-bond donors (Lipinski definition) is 0. The van der Waals surface area contributed by atoms with Crippen molar-refractivity contribution in [2.45, 2.75) is 6.18 Å². The second kappa shape index (κ2) is 5.98. The summed E-state index contributed by atoms with van der Waals surface area (Å²) in [5, 5.41) is 9.14. The number of methoxy groups -OCH3 is 2. The van der Waals surface area contributed by atoms with Gasteiger partial charge in [-0.05, 0) is 29.8 Å². The highest BCUT2D eigenvalue weighted by Gasteiger charge is 2.34. The number of ether oxygens (including phenoxy) is 2. The maximum Gasteiger partial charge on any atom is 0.417 e. The van der Waals surface area contributed by atoms with Gasteiger partial charge in [-0.1, -0.05) is 6.07 Å². The van der Waals surface area contributed by atoms with Crippen molar-refractivity contribution in [2.24, 2.45) is 0 Å². The van der Waals surface area contributed by atoms with Crippen LogP contribution in [0, 0.1) is 11.3 Å². The number of rotatable bonds is 3. The number of halogens is 3. The monoisotopic (exact) mass is 307 g/mol. The van der Waals surface area contributed by atoms with Crippen LogP contribution in [0.4, 0.5) is 13.2 Å². The van der Waals surface area contributed by atoms with Crippen LogP contribution in [0.3, 0.4) is 0 Å². The molecule has 0 aromatic heterocycles. The molecule has 0 bridgehead atoms. The maximum absolute atomic E-state index is 13.2. The van der Waals surface area contributed by atoms with Crippen molar-refractivity contribution in [3.63, 3.8) is 0 Å². The van der Waals surface area contributed by atoms with Crippen molar-refractivity contribution in [3.8, 4) is 28.7 Å². The van der Waals surface area contributed by atoms with E-state index in [4.69, 9.17) is 14.7 Å². The van der Waals surface area contributed by atoms with E-state index in [9.17, 15) is 13.2 Å². The molecule has 0 amide bonds. The molecule has 0 spiro atoms. The predicted molar refractivity (Wildman–Crippen MR) is 74.7 cm³/mol. The Morgan fingerprint density at radius 2 is 1.59 bits per heavy atom. The van der Waals surface area contributed by atoms with Gasteiger partial charge in [0.15, 0.2) is 0 Å². The van der Waals surface area contributed by atoms with Gasteiger partial charge in [0.1, 0.15) is 11.5 Å². The molecular weight excluding hydrogens is 295 g/mol. The van der Waals surface area contributed by atoms with E-state index in [0.717, 1.165) is 6.07 Å². The van der Waals surface area contributed by atoms with E-state index in [2.05, 4.69) is 0 Å². The molecule has 0 saturated heterocycles. The predicted octanol–water partition coefficient (Wildman–Crippen LogP) is 4.26. The number of nitriles is 1. The van der Waals surface area contributed by atoms with E-state index in [1.54, 1.807) is 12.1 Å². The first-order valence-corrected chi connectivity index (χ1v) is 6.24. The van der Waals surface area contributed by atoms with Crippen LogP contribution >= 0.6 is 0 Å². The van der Waals surface area contributed by atoms with Gasteiger partial charge in [0.05, 0.1) is 31.4 Å². The number of hydrogen-bond acceptors (Lipinski definition) is 3. The molecule has 0 fully saturated rings. The number of nitrogens with zero attached hydrogens (tertiary/aromatic N) is 1. The molecule has 0 aliphatic carbocycles. The maximum atomic E-state index is 13.2. The number of benzene rings is 2. The van der Waals surface area contributed by atoms with E-state index in [1.165, 1.54) is 38.5 Å². The quantitative estimate of drug-likeness (QED) is 0.851. The highest BCUT2D eigenvalue weighted by molar-refractivity contribution is 5.76. The van der Waals surface area contributed by atoms with Gasteiger partial charge >= 0.3 is 6.18 Å². The summed E-state index contributed by atoms with van der Waals surface area (Å²) >= 11 is 0. The Kier molecular flexibility index (Phi) is 4.27. The van der Waals surface area contributed by atoms with Gasteiger partial charge < -0.3 is 9.47 Å². The SMILES string of the molecule is COc1cc(OC)cc(-c2c(C#N)cccc2C(F)(F)F)c1. The van der Waals surface area contributed by atoms with Crippen LogP contribution in [0.5, 0.6) is 11.5 Å². The highest BCUT2D eigenvalue weighted by atomic mass is 19.4. The largest absolute Gasteiger partial charge is 0.497 e. The molecule has 22 heavy (non-hydrogen) atoms. The average molecular weight is 307 g/mol. The minimum absolute atomic E-state index is 0.0647. The Balaban J connectivity index is 2.79. The Labute approximate surface area is 125 Å². The first-order valence-electron chi connectivity index (χ1n) is 6.24. The fraction of sp³-hybridized carbons (Fsp3) is 0.188. The molecule has 0 aliphatic rings. The third kappa shape index (κ3) is 2.98. The molecular formula is C16H12F3NO2. The van der Waals surface area contributed by atoms with Crippen molar-refractivity contribution >= 4 is 0 Å². The molecule has 0 atom stereocenters. The zero-order chi connectivity index (χ0) is 16.3. The zero-order valence-electron chi connectivity index (χ0n) is 11.9. The molecule has 0 radical (unpaired) electrons. The smallest absolute Gasteiger partial charge is 0.417 e. The molecule has 0 saturated carbocycles. The van der Waals surface area contributed by atoms with Crippen molar-refractivity contribution < 1.29 is 22.6 Å². The van der Waals surface area contributed by atoms with Gasteiger partial charge in [0.2, 0.25) is 0 Å². The van der Waals surface area contributed by atoms with Gasteiger partial charge in [-0.15, -0.1) is 0 Å². The standard InChI is InChI=1S/C16H12F3NO2/c1-21-12-6-11(7-13(8-12)22-2)15-10(9-20)4-3-5-14(15)16(17,18)19/h3-8H,1-2H3. The van der Waals surface area contributed by atoms with Crippen molar-refractivity contribution in [1.82, 2.24) is 0 Å². The van der Waals surface area contributed by atoms with E-state index in [-0.39, 0.29) is 16.7 Å². The Morgan fingerprint density at radius 1 is 1.00 bits per heavy atom. The lowest BCUT2D eigenvalue weighted by Gasteiger charge is -2.16. The normalized spacial score (nSPS) is 10.9. The minimum Gasteiger partial charge on any atom is -0.497 e. The van der Waals surface area contributed by atoms with Gasteiger partial charge in [-0.25, -0.2) is 0 Å². The van der Waals surface area contributed by atoms with Gasteiger partial charge in [0.25, 0.3) is 0 Å². The minimum atomic E-state index is -4.57. The van der Waals surface area contributed by atoms with E-state index >= 15 is 0 Å². The molecule has 2 aromatic rings. The van der Waals surface area contributed by atoms with Crippen LogP contribution in [0.25, 0.3) is 11.1 Å². The Morgan fingerprint density at radius 3 is 2.05 bits per heavy atom. The summed E-state index contributed by atoms with van der Waals surface area (Å²) in [6, 6.07) is 9.73. The average Bonchev–Trinajstić information content (AvgIpc) is 2.52. The van der Waals surface area contributed by atoms with E-state index in [0.29, 0.717) is 11.5 Å². The molecule has 2 rings (SSSR count). The van der Waals surface area contributed by atoms with Crippen LogP contribution in [0.2, 0.25) is 0 Å². The summed E-state index contributed by atoms with van der Waals surface area (Å²) in [5.74, 6) is 0.686. The van der Waals surface area contributed by atoms with Crippen LogP contribution in [-0.2, 0) is 6.18 Å². The molecule has 0 unspecified atom stereocenters. The molecule has 6 heteroatoms. The lowest BCUT2D eigenvalue weighted by atomic mass is 9.94. The van der Waals surface area contributed by atoms with E-state index in [1.807, 2.05) is 0 Å². The lowest BCUT2D eigenvalue weighted by molar-refractivity contribution is -0.137. The van der Waals surface area contributed by atoms with Crippen LogP contribution in [0.1, 0.15) is 11.1 Å². The summed E-state index contributed by atoms with van der Waals surface area (Å²) in [5.41, 5.74) is -0.914. The fourth-order valence-corrected chi connectivity index (χ4v) is 2.14. The zero-order valence-corrected chi connectivity index (χ0v) is 11.9. The van der Waals surface area contributed by atoms with Gasteiger partial charge in [-0.3, -0.25) is 0 Å². The topological polar surface area (TPSA) is 42.2 Å². The first-order chi connectivity index (χ1) is 10.4. The molecule has 114 valence electrons. The Bertz CT molecular complexity index is 711. The van der Waals surface area contributed by atoms with Gasteiger partial charge in [0, 0.05) is 11.6 Å². The summed E-state index contributed by atoms with van der Waals surface area (Å²) in [6.45, 7) is 0. The molecule has 2 aromatic carbocycles. The second-order valence-corrected chi connectivity index (χ2v) is 4.44. The van der Waals surface area contributed by atoms with Crippen LogP contribution < -0.4 is 9.47 Å². The summed E-state index contributed by atoms with van der Waals surface area (Å²) < 4.78 is 49.9. The molecule has 3 nitrogen and oxygen atoms in total.